The lowest BCUT2D eigenvalue weighted by molar-refractivity contribution is 0.392. The number of aryl methyl sites for hydroxylation is 1. The first-order valence-electron chi connectivity index (χ1n) is 7.33. The summed E-state index contributed by atoms with van der Waals surface area (Å²) in [4.78, 5) is 4.65. The molecule has 1 unspecified atom stereocenters. The van der Waals surface area contributed by atoms with E-state index >= 15 is 0 Å². The number of rotatable bonds is 3. The van der Waals surface area contributed by atoms with E-state index in [1.54, 1.807) is 0 Å². The summed E-state index contributed by atoms with van der Waals surface area (Å²) in [6.45, 7) is 2.09. The topological polar surface area (TPSA) is 24.9 Å². The van der Waals surface area contributed by atoms with Gasteiger partial charge in [-0.3, -0.25) is 4.98 Å². The molecule has 0 spiro atoms. The van der Waals surface area contributed by atoms with Crippen LogP contribution in [-0.2, 0) is 0 Å². The second kappa shape index (κ2) is 5.30. The fourth-order valence-corrected chi connectivity index (χ4v) is 3.53. The summed E-state index contributed by atoms with van der Waals surface area (Å²) in [7, 11) is 2.09. The Hall–Kier alpha value is -1.41. The smallest absolute Gasteiger partial charge is 0.0708 e. The number of benzene rings is 1. The second-order valence-electron chi connectivity index (χ2n) is 5.68. The summed E-state index contributed by atoms with van der Waals surface area (Å²) in [5, 5.41) is 4.86. The summed E-state index contributed by atoms with van der Waals surface area (Å²) < 4.78 is 0. The molecule has 0 bridgehead atoms. The van der Waals surface area contributed by atoms with Crippen LogP contribution in [0.5, 0.6) is 0 Å². The summed E-state index contributed by atoms with van der Waals surface area (Å²) in [5.41, 5.74) is 3.67. The molecular formula is C17H22N2. The van der Waals surface area contributed by atoms with Gasteiger partial charge in [0.05, 0.1) is 5.52 Å². The van der Waals surface area contributed by atoms with Gasteiger partial charge in [-0.15, -0.1) is 0 Å². The monoisotopic (exact) mass is 254 g/mol. The SMILES string of the molecule is CNC(c1cc(C)nc2ccccc12)C1CCCC1. The standard InChI is InChI=1S/C17H22N2/c1-12-11-15(14-9-5-6-10-16(14)19-12)17(18-2)13-7-3-4-8-13/h5-6,9-11,13,17-18H,3-4,7-8H2,1-2H3. The minimum atomic E-state index is 0.467. The molecule has 1 atom stereocenters. The second-order valence-corrected chi connectivity index (χ2v) is 5.68. The van der Waals surface area contributed by atoms with Crippen LogP contribution < -0.4 is 5.32 Å². The predicted octanol–water partition coefficient (Wildman–Crippen LogP) is 3.99. The van der Waals surface area contributed by atoms with Crippen LogP contribution >= 0.6 is 0 Å². The normalized spacial score (nSPS) is 18.0. The van der Waals surface area contributed by atoms with Crippen molar-refractivity contribution in [3.05, 3.63) is 41.6 Å². The van der Waals surface area contributed by atoms with Crippen LogP contribution in [0.15, 0.2) is 30.3 Å². The van der Waals surface area contributed by atoms with Crippen LogP contribution in [0.3, 0.4) is 0 Å². The predicted molar refractivity (Wildman–Crippen MR) is 80.2 cm³/mol. The molecule has 1 aromatic heterocycles. The first-order chi connectivity index (χ1) is 9.29. The van der Waals surface area contributed by atoms with Crippen molar-refractivity contribution in [2.45, 2.75) is 38.6 Å². The maximum absolute atomic E-state index is 4.65. The molecule has 1 fully saturated rings. The van der Waals surface area contributed by atoms with Gasteiger partial charge < -0.3 is 5.32 Å². The number of para-hydroxylation sites is 1. The highest BCUT2D eigenvalue weighted by molar-refractivity contribution is 5.82. The van der Waals surface area contributed by atoms with Crippen LogP contribution in [0, 0.1) is 12.8 Å². The summed E-state index contributed by atoms with van der Waals surface area (Å²) in [6.07, 6.45) is 5.46. The molecule has 3 rings (SSSR count). The minimum absolute atomic E-state index is 0.467. The van der Waals surface area contributed by atoms with Crippen LogP contribution in [0.25, 0.3) is 10.9 Å². The average Bonchev–Trinajstić information content (AvgIpc) is 2.93. The van der Waals surface area contributed by atoms with Crippen molar-refractivity contribution >= 4 is 10.9 Å². The number of pyridine rings is 1. The minimum Gasteiger partial charge on any atom is -0.313 e. The molecule has 2 nitrogen and oxygen atoms in total. The average molecular weight is 254 g/mol. The molecule has 0 radical (unpaired) electrons. The molecular weight excluding hydrogens is 232 g/mol. The molecule has 19 heavy (non-hydrogen) atoms. The Balaban J connectivity index is 2.11. The van der Waals surface area contributed by atoms with Crippen molar-refractivity contribution in [2.24, 2.45) is 5.92 Å². The molecule has 2 aromatic rings. The van der Waals surface area contributed by atoms with Gasteiger partial charge in [0.2, 0.25) is 0 Å². The van der Waals surface area contributed by atoms with Gasteiger partial charge in [0.25, 0.3) is 0 Å². The Bertz CT molecular complexity index is 570. The third-order valence-corrected chi connectivity index (χ3v) is 4.39. The molecule has 1 saturated carbocycles. The van der Waals surface area contributed by atoms with E-state index in [2.05, 4.69) is 54.6 Å². The van der Waals surface area contributed by atoms with Crippen molar-refractivity contribution in [3.8, 4) is 0 Å². The lowest BCUT2D eigenvalue weighted by Gasteiger charge is -2.25. The zero-order valence-electron chi connectivity index (χ0n) is 11.8. The van der Waals surface area contributed by atoms with Crippen molar-refractivity contribution in [2.75, 3.05) is 7.05 Å². The Labute approximate surface area is 115 Å². The fourth-order valence-electron chi connectivity index (χ4n) is 3.53. The molecule has 1 aromatic carbocycles. The summed E-state index contributed by atoms with van der Waals surface area (Å²) in [5.74, 6) is 0.773. The number of aromatic nitrogens is 1. The number of nitrogens with zero attached hydrogens (tertiary/aromatic N) is 1. The van der Waals surface area contributed by atoms with E-state index in [1.807, 2.05) is 0 Å². The molecule has 1 N–H and O–H groups in total. The van der Waals surface area contributed by atoms with Crippen molar-refractivity contribution in [3.63, 3.8) is 0 Å². The first kappa shape index (κ1) is 12.6. The van der Waals surface area contributed by atoms with Gasteiger partial charge >= 0.3 is 0 Å². The van der Waals surface area contributed by atoms with Crippen molar-refractivity contribution in [1.82, 2.24) is 10.3 Å². The quantitative estimate of drug-likeness (QED) is 0.895. The van der Waals surface area contributed by atoms with E-state index < -0.39 is 0 Å². The van der Waals surface area contributed by atoms with Crippen molar-refractivity contribution in [1.29, 1.82) is 0 Å². The fraction of sp³-hybridized carbons (Fsp3) is 0.471. The van der Waals surface area contributed by atoms with Crippen LogP contribution in [0.4, 0.5) is 0 Å². The van der Waals surface area contributed by atoms with Crippen molar-refractivity contribution < 1.29 is 0 Å². The Kier molecular flexibility index (Phi) is 3.52. The van der Waals surface area contributed by atoms with Crippen LogP contribution in [-0.4, -0.2) is 12.0 Å². The highest BCUT2D eigenvalue weighted by Crippen LogP contribution is 2.37. The van der Waals surface area contributed by atoms with Gasteiger partial charge in [0, 0.05) is 17.1 Å². The van der Waals surface area contributed by atoms with Crippen LogP contribution in [0.1, 0.15) is 43.0 Å². The molecule has 0 saturated heterocycles. The molecule has 1 aliphatic carbocycles. The van der Waals surface area contributed by atoms with Gasteiger partial charge in [-0.25, -0.2) is 0 Å². The molecule has 1 heterocycles. The zero-order valence-corrected chi connectivity index (χ0v) is 11.8. The Morgan fingerprint density at radius 3 is 2.68 bits per heavy atom. The largest absolute Gasteiger partial charge is 0.313 e. The molecule has 1 aliphatic rings. The molecule has 0 aliphatic heterocycles. The van der Waals surface area contributed by atoms with E-state index in [9.17, 15) is 0 Å². The Morgan fingerprint density at radius 2 is 1.95 bits per heavy atom. The van der Waals surface area contributed by atoms with E-state index in [0.29, 0.717) is 6.04 Å². The number of hydrogen-bond donors (Lipinski definition) is 1. The Morgan fingerprint density at radius 1 is 1.21 bits per heavy atom. The van der Waals surface area contributed by atoms with E-state index in [1.165, 1.54) is 36.6 Å². The summed E-state index contributed by atoms with van der Waals surface area (Å²) in [6, 6.07) is 11.2. The number of nitrogens with one attached hydrogen (secondary N) is 1. The van der Waals surface area contributed by atoms with E-state index in [0.717, 1.165) is 17.1 Å². The maximum Gasteiger partial charge on any atom is 0.0708 e. The number of hydrogen-bond acceptors (Lipinski definition) is 2. The highest BCUT2D eigenvalue weighted by atomic mass is 14.9. The zero-order chi connectivity index (χ0) is 13.2. The lowest BCUT2D eigenvalue weighted by atomic mass is 9.89. The molecule has 100 valence electrons. The third kappa shape index (κ3) is 2.37. The van der Waals surface area contributed by atoms with Gasteiger partial charge in [-0.05, 0) is 50.4 Å². The van der Waals surface area contributed by atoms with Gasteiger partial charge in [-0.2, -0.15) is 0 Å². The third-order valence-electron chi connectivity index (χ3n) is 4.39. The molecule has 2 heteroatoms. The summed E-state index contributed by atoms with van der Waals surface area (Å²) >= 11 is 0. The van der Waals surface area contributed by atoms with E-state index in [4.69, 9.17) is 0 Å². The van der Waals surface area contributed by atoms with Gasteiger partial charge in [0.15, 0.2) is 0 Å². The highest BCUT2D eigenvalue weighted by Gasteiger charge is 2.26. The number of fused-ring (bicyclic) bond motifs is 1. The van der Waals surface area contributed by atoms with E-state index in [-0.39, 0.29) is 0 Å². The maximum atomic E-state index is 4.65. The first-order valence-corrected chi connectivity index (χ1v) is 7.33. The van der Waals surface area contributed by atoms with Crippen LogP contribution in [0.2, 0.25) is 0 Å². The lowest BCUT2D eigenvalue weighted by Crippen LogP contribution is -2.24. The molecule has 0 amide bonds. The van der Waals surface area contributed by atoms with Gasteiger partial charge in [-0.1, -0.05) is 31.0 Å². The van der Waals surface area contributed by atoms with Gasteiger partial charge in [0.1, 0.15) is 0 Å².